The molecule has 164 valence electrons. The number of ether oxygens (including phenoxy) is 1. The van der Waals surface area contributed by atoms with E-state index < -0.39 is 10.0 Å². The number of hydrogen-bond donors (Lipinski definition) is 3. The SMILES string of the molecule is Bc1cc(C(=O)NC(=S)Nc2ccc(S(=O)(=O)Nc3ccc(OC)cc3)cc2)ccc1C. The number of carbonyl (C=O) groups is 1. The number of amides is 1. The highest BCUT2D eigenvalue weighted by Gasteiger charge is 2.15. The van der Waals surface area contributed by atoms with E-state index in [1.807, 2.05) is 20.8 Å². The lowest BCUT2D eigenvalue weighted by molar-refractivity contribution is 0.0978. The molecule has 0 unspecified atom stereocenters. The summed E-state index contributed by atoms with van der Waals surface area (Å²) in [6, 6.07) is 18.0. The standard InChI is InChI=1S/C22H22BN3O4S2/c1-14-3-4-15(13-20(14)23)21(27)25-22(31)24-16-7-11-19(12-8-16)32(28,29)26-17-5-9-18(30-2)10-6-17/h3-13,26H,23H2,1-2H3,(H2,24,25,27,31). The van der Waals surface area contributed by atoms with Crippen LogP contribution in [0, 0.1) is 6.92 Å². The zero-order valence-electron chi connectivity index (χ0n) is 17.8. The lowest BCUT2D eigenvalue weighted by Crippen LogP contribution is -2.34. The van der Waals surface area contributed by atoms with Gasteiger partial charge in [-0.3, -0.25) is 14.8 Å². The first-order valence-electron chi connectivity index (χ1n) is 9.64. The van der Waals surface area contributed by atoms with E-state index in [9.17, 15) is 13.2 Å². The summed E-state index contributed by atoms with van der Waals surface area (Å²) in [5, 5.41) is 5.61. The van der Waals surface area contributed by atoms with Crippen LogP contribution in [0.2, 0.25) is 0 Å². The molecule has 0 saturated carbocycles. The van der Waals surface area contributed by atoms with Crippen molar-refractivity contribution in [3.63, 3.8) is 0 Å². The van der Waals surface area contributed by atoms with Gasteiger partial charge in [0.25, 0.3) is 15.9 Å². The van der Waals surface area contributed by atoms with Gasteiger partial charge in [-0.15, -0.1) is 0 Å². The molecule has 0 aliphatic rings. The Balaban J connectivity index is 1.62. The molecule has 3 aromatic carbocycles. The second-order valence-electron chi connectivity index (χ2n) is 7.07. The fourth-order valence-corrected chi connectivity index (χ4v) is 4.08. The molecular weight excluding hydrogens is 445 g/mol. The summed E-state index contributed by atoms with van der Waals surface area (Å²) in [7, 11) is -0.293. The number of methoxy groups -OCH3 is 1. The summed E-state index contributed by atoms with van der Waals surface area (Å²) < 4.78 is 32.8. The van der Waals surface area contributed by atoms with Crippen molar-refractivity contribution in [2.24, 2.45) is 0 Å². The van der Waals surface area contributed by atoms with E-state index in [2.05, 4.69) is 15.4 Å². The summed E-state index contributed by atoms with van der Waals surface area (Å²) in [5.41, 5.74) is 3.57. The van der Waals surface area contributed by atoms with E-state index in [0.717, 1.165) is 11.0 Å². The molecule has 3 aromatic rings. The van der Waals surface area contributed by atoms with Gasteiger partial charge in [0.15, 0.2) is 5.11 Å². The third kappa shape index (κ3) is 5.86. The molecule has 0 atom stereocenters. The first-order valence-corrected chi connectivity index (χ1v) is 11.5. The number of carbonyl (C=O) groups excluding carboxylic acids is 1. The van der Waals surface area contributed by atoms with Gasteiger partial charge in [0.1, 0.15) is 13.6 Å². The number of rotatable bonds is 6. The van der Waals surface area contributed by atoms with Gasteiger partial charge in [-0.1, -0.05) is 23.2 Å². The van der Waals surface area contributed by atoms with Crippen molar-refractivity contribution in [3.8, 4) is 5.75 Å². The zero-order chi connectivity index (χ0) is 23.3. The normalized spacial score (nSPS) is 10.8. The Morgan fingerprint density at radius 2 is 1.59 bits per heavy atom. The summed E-state index contributed by atoms with van der Waals surface area (Å²) in [5.74, 6) is 0.303. The molecule has 1 amide bonds. The van der Waals surface area contributed by atoms with Crippen LogP contribution in [-0.4, -0.2) is 34.4 Å². The van der Waals surface area contributed by atoms with Crippen LogP contribution in [0.5, 0.6) is 5.75 Å². The molecule has 0 radical (unpaired) electrons. The summed E-state index contributed by atoms with van der Waals surface area (Å²) in [6.07, 6.45) is 0. The smallest absolute Gasteiger partial charge is 0.261 e. The van der Waals surface area contributed by atoms with Gasteiger partial charge in [0.2, 0.25) is 0 Å². The minimum Gasteiger partial charge on any atom is -0.497 e. The quantitative estimate of drug-likeness (QED) is 0.380. The molecule has 0 saturated heterocycles. The predicted octanol–water partition coefficient (Wildman–Crippen LogP) is 2.19. The number of nitrogens with one attached hydrogen (secondary N) is 3. The maximum atomic E-state index is 12.6. The van der Waals surface area contributed by atoms with Crippen molar-refractivity contribution in [2.45, 2.75) is 11.8 Å². The van der Waals surface area contributed by atoms with E-state index in [0.29, 0.717) is 22.7 Å². The van der Waals surface area contributed by atoms with Gasteiger partial charge in [-0.25, -0.2) is 8.42 Å². The molecule has 3 rings (SSSR count). The molecule has 0 aliphatic heterocycles. The number of anilines is 2. The zero-order valence-corrected chi connectivity index (χ0v) is 19.4. The fraction of sp³-hybridized carbons (Fsp3) is 0.0909. The molecule has 0 bridgehead atoms. The number of aryl methyl sites for hydroxylation is 1. The Kier molecular flexibility index (Phi) is 7.17. The number of benzene rings is 3. The summed E-state index contributed by atoms with van der Waals surface area (Å²) >= 11 is 5.20. The van der Waals surface area contributed by atoms with Crippen LogP contribution in [0.4, 0.5) is 11.4 Å². The van der Waals surface area contributed by atoms with Crippen LogP contribution in [0.25, 0.3) is 0 Å². The average molecular weight is 467 g/mol. The number of hydrogen-bond acceptors (Lipinski definition) is 5. The largest absolute Gasteiger partial charge is 0.497 e. The molecule has 3 N–H and O–H groups in total. The summed E-state index contributed by atoms with van der Waals surface area (Å²) in [6.45, 7) is 1.97. The van der Waals surface area contributed by atoms with Crippen molar-refractivity contribution in [3.05, 3.63) is 77.9 Å². The number of thiocarbonyl (C=S) groups is 1. The molecule has 0 aliphatic carbocycles. The van der Waals surface area contributed by atoms with Gasteiger partial charge < -0.3 is 10.1 Å². The van der Waals surface area contributed by atoms with Gasteiger partial charge in [-0.2, -0.15) is 0 Å². The number of sulfonamides is 1. The first-order chi connectivity index (χ1) is 15.2. The second-order valence-corrected chi connectivity index (χ2v) is 9.16. The lowest BCUT2D eigenvalue weighted by Gasteiger charge is -2.12. The minimum absolute atomic E-state index is 0.0870. The average Bonchev–Trinajstić information content (AvgIpc) is 2.76. The van der Waals surface area contributed by atoms with E-state index in [1.165, 1.54) is 19.2 Å². The van der Waals surface area contributed by atoms with Crippen LogP contribution < -0.4 is 25.6 Å². The molecular formula is C22H22BN3O4S2. The maximum Gasteiger partial charge on any atom is 0.261 e. The Hall–Kier alpha value is -3.37. The molecule has 10 heteroatoms. The highest BCUT2D eigenvalue weighted by molar-refractivity contribution is 7.92. The maximum absolute atomic E-state index is 12.6. The fourth-order valence-electron chi connectivity index (χ4n) is 2.81. The van der Waals surface area contributed by atoms with E-state index in [4.69, 9.17) is 17.0 Å². The molecule has 0 aromatic heterocycles. The molecule has 0 spiro atoms. The van der Waals surface area contributed by atoms with Gasteiger partial charge in [-0.05, 0) is 73.7 Å². The third-order valence-corrected chi connectivity index (χ3v) is 6.36. The Morgan fingerprint density at radius 1 is 0.969 bits per heavy atom. The monoisotopic (exact) mass is 467 g/mol. The topological polar surface area (TPSA) is 96.5 Å². The van der Waals surface area contributed by atoms with Crippen LogP contribution >= 0.6 is 12.2 Å². The highest BCUT2D eigenvalue weighted by atomic mass is 32.2. The molecule has 0 heterocycles. The van der Waals surface area contributed by atoms with Crippen LogP contribution in [0.15, 0.2) is 71.6 Å². The lowest BCUT2D eigenvalue weighted by atomic mass is 9.89. The minimum atomic E-state index is -3.76. The highest BCUT2D eigenvalue weighted by Crippen LogP contribution is 2.20. The van der Waals surface area contributed by atoms with Crippen LogP contribution in [-0.2, 0) is 10.0 Å². The van der Waals surface area contributed by atoms with Gasteiger partial charge in [0.05, 0.1) is 12.0 Å². The van der Waals surface area contributed by atoms with Crippen molar-refractivity contribution in [2.75, 3.05) is 17.1 Å². The Bertz CT molecular complexity index is 1250. The van der Waals surface area contributed by atoms with Crippen molar-refractivity contribution >= 4 is 57.9 Å². The first kappa shape index (κ1) is 23.3. The predicted molar refractivity (Wildman–Crippen MR) is 133 cm³/mol. The Labute approximate surface area is 193 Å². The third-order valence-electron chi connectivity index (χ3n) is 4.76. The molecule has 32 heavy (non-hydrogen) atoms. The molecule has 0 fully saturated rings. The van der Waals surface area contributed by atoms with Crippen molar-refractivity contribution < 1.29 is 17.9 Å². The van der Waals surface area contributed by atoms with E-state index in [-0.39, 0.29) is 15.9 Å². The van der Waals surface area contributed by atoms with Gasteiger partial charge in [0, 0.05) is 16.9 Å². The van der Waals surface area contributed by atoms with Gasteiger partial charge >= 0.3 is 0 Å². The molecule has 7 nitrogen and oxygen atoms in total. The summed E-state index contributed by atoms with van der Waals surface area (Å²) in [4.78, 5) is 12.5. The van der Waals surface area contributed by atoms with Crippen molar-refractivity contribution in [1.82, 2.24) is 5.32 Å². The van der Waals surface area contributed by atoms with E-state index in [1.54, 1.807) is 48.5 Å². The van der Waals surface area contributed by atoms with Crippen LogP contribution in [0.1, 0.15) is 15.9 Å². The Morgan fingerprint density at radius 3 is 2.19 bits per heavy atom. The second kappa shape index (κ2) is 9.84. The van der Waals surface area contributed by atoms with E-state index >= 15 is 0 Å². The van der Waals surface area contributed by atoms with Crippen LogP contribution in [0.3, 0.4) is 0 Å². The van der Waals surface area contributed by atoms with Crippen molar-refractivity contribution in [1.29, 1.82) is 0 Å².